The van der Waals surface area contributed by atoms with Crippen LogP contribution in [0.15, 0.2) is 11.4 Å². The second-order valence-electron chi connectivity index (χ2n) is 1.29. The molecule has 0 bridgehead atoms. The summed E-state index contributed by atoms with van der Waals surface area (Å²) < 4.78 is 0. The van der Waals surface area contributed by atoms with Crippen LogP contribution in [0, 0.1) is 0 Å². The molecule has 0 atom stereocenters. The van der Waals surface area contributed by atoms with Crippen LogP contribution >= 0.6 is 0 Å². The molecule has 0 radical (unpaired) electrons. The van der Waals surface area contributed by atoms with Gasteiger partial charge in [0, 0.05) is 19.0 Å². The zero-order valence-electron chi connectivity index (χ0n) is 4.57. The van der Waals surface area contributed by atoms with E-state index in [1.54, 1.807) is 0 Å². The highest BCUT2D eigenvalue weighted by Gasteiger charge is 1.62. The van der Waals surface area contributed by atoms with Crippen LogP contribution in [-0.2, 0) is 0 Å². The van der Waals surface area contributed by atoms with E-state index in [1.165, 1.54) is 0 Å². The van der Waals surface area contributed by atoms with Gasteiger partial charge in [-0.05, 0) is 0 Å². The second kappa shape index (κ2) is 5.17. The Morgan fingerprint density at radius 2 is 1.33 bits per heavy atom. The Morgan fingerprint density at radius 3 is 1.50 bits per heavy atom. The molecular formula is C4H12Si2. The minimum Gasteiger partial charge on any atom is -0.110 e. The van der Waals surface area contributed by atoms with Crippen molar-refractivity contribution >= 4 is 19.0 Å². The van der Waals surface area contributed by atoms with Crippen molar-refractivity contribution in [2.24, 2.45) is 0 Å². The van der Waals surface area contributed by atoms with Crippen LogP contribution in [-0.4, -0.2) is 19.0 Å². The summed E-state index contributed by atoms with van der Waals surface area (Å²) in [5.74, 6) is 0. The van der Waals surface area contributed by atoms with E-state index < -0.39 is 0 Å². The molecule has 0 saturated heterocycles. The van der Waals surface area contributed by atoms with Crippen LogP contribution < -0.4 is 0 Å². The molecule has 0 aromatic heterocycles. The average molecular weight is 116 g/mol. The van der Waals surface area contributed by atoms with Crippen molar-refractivity contribution < 1.29 is 0 Å². The topological polar surface area (TPSA) is 0 Å². The fraction of sp³-hybridized carbons (Fsp3) is 0.500. The molecule has 0 rings (SSSR count). The maximum atomic E-state index is 2.38. The minimum atomic E-state index is 0.257. The van der Waals surface area contributed by atoms with Crippen molar-refractivity contribution in [3.05, 3.63) is 11.4 Å². The van der Waals surface area contributed by atoms with Crippen molar-refractivity contribution in [1.29, 1.82) is 0 Å². The number of hydrogen-bond donors (Lipinski definition) is 0. The molecule has 6 heavy (non-hydrogen) atoms. The zero-order valence-corrected chi connectivity index (χ0v) is 7.40. The first-order chi connectivity index (χ1) is 2.91. The number of hydrogen-bond acceptors (Lipinski definition) is 0. The molecule has 0 spiro atoms. The maximum Gasteiger partial charge on any atom is 0.0414 e. The Morgan fingerprint density at radius 1 is 1.00 bits per heavy atom. The van der Waals surface area contributed by atoms with E-state index in [2.05, 4.69) is 24.5 Å². The highest BCUT2D eigenvalue weighted by atomic mass is 28.2. The summed E-state index contributed by atoms with van der Waals surface area (Å²) in [6, 6.07) is 0. The van der Waals surface area contributed by atoms with Crippen molar-refractivity contribution in [3.8, 4) is 0 Å². The van der Waals surface area contributed by atoms with E-state index in [-0.39, 0.29) is 19.0 Å². The molecule has 0 aromatic carbocycles. The summed E-state index contributed by atoms with van der Waals surface area (Å²) in [4.78, 5) is 0. The first kappa shape index (κ1) is 6.17. The van der Waals surface area contributed by atoms with E-state index in [0.29, 0.717) is 0 Å². The first-order valence-corrected chi connectivity index (χ1v) is 7.03. The summed E-state index contributed by atoms with van der Waals surface area (Å²) >= 11 is 0. The van der Waals surface area contributed by atoms with Crippen LogP contribution in [0.1, 0.15) is 0 Å². The van der Waals surface area contributed by atoms with E-state index >= 15 is 0 Å². The standard InChI is InChI=1S/C4H12Si2/c1-5-3-4-6-2/h3-4H,5-6H2,1-2H3. The van der Waals surface area contributed by atoms with Gasteiger partial charge in [-0.25, -0.2) is 0 Å². The third kappa shape index (κ3) is 4.17. The summed E-state index contributed by atoms with van der Waals surface area (Å²) in [6.45, 7) is 4.61. The molecule has 2 heteroatoms. The molecule has 0 unspecified atom stereocenters. The fourth-order valence-electron chi connectivity index (χ4n) is 0.333. The van der Waals surface area contributed by atoms with E-state index in [1.807, 2.05) is 0 Å². The molecule has 0 aliphatic rings. The predicted octanol–water partition coefficient (Wildman–Crippen LogP) is -0.109. The van der Waals surface area contributed by atoms with E-state index in [0.717, 1.165) is 0 Å². The lowest BCUT2D eigenvalue weighted by Gasteiger charge is -1.70. The summed E-state index contributed by atoms with van der Waals surface area (Å²) in [5, 5.41) is 0. The second-order valence-corrected chi connectivity index (χ2v) is 3.86. The summed E-state index contributed by atoms with van der Waals surface area (Å²) in [5.41, 5.74) is 4.76. The van der Waals surface area contributed by atoms with Crippen LogP contribution in [0.25, 0.3) is 0 Å². The zero-order chi connectivity index (χ0) is 4.83. The van der Waals surface area contributed by atoms with Gasteiger partial charge in [0.1, 0.15) is 0 Å². The third-order valence-corrected chi connectivity index (χ3v) is 2.91. The Bertz CT molecular complexity index is 34.8. The highest BCUT2D eigenvalue weighted by Crippen LogP contribution is 1.63. The molecule has 0 amide bonds. The van der Waals surface area contributed by atoms with Crippen molar-refractivity contribution in [2.75, 3.05) is 0 Å². The lowest BCUT2D eigenvalue weighted by Crippen LogP contribution is -1.74. The predicted molar refractivity (Wildman–Crippen MR) is 38.0 cm³/mol. The SMILES string of the molecule is C[SiH2]C=C[SiH2]C. The maximum absolute atomic E-state index is 2.38. The van der Waals surface area contributed by atoms with Crippen molar-refractivity contribution in [1.82, 2.24) is 0 Å². The van der Waals surface area contributed by atoms with Crippen LogP contribution in [0.5, 0.6) is 0 Å². The molecular weight excluding hydrogens is 104 g/mol. The smallest absolute Gasteiger partial charge is 0.0414 e. The lowest BCUT2D eigenvalue weighted by molar-refractivity contribution is 2.18. The van der Waals surface area contributed by atoms with Gasteiger partial charge < -0.3 is 0 Å². The molecule has 0 aromatic rings. The molecule has 0 aliphatic heterocycles. The van der Waals surface area contributed by atoms with Gasteiger partial charge >= 0.3 is 0 Å². The quantitative estimate of drug-likeness (QED) is 0.442. The monoisotopic (exact) mass is 116 g/mol. The van der Waals surface area contributed by atoms with Gasteiger partial charge in [0.15, 0.2) is 0 Å². The van der Waals surface area contributed by atoms with Crippen LogP contribution in [0.3, 0.4) is 0 Å². The Balaban J connectivity index is 2.73. The van der Waals surface area contributed by atoms with Gasteiger partial charge in [-0.2, -0.15) is 0 Å². The lowest BCUT2D eigenvalue weighted by atomic mass is 11.2. The highest BCUT2D eigenvalue weighted by molar-refractivity contribution is 6.47. The van der Waals surface area contributed by atoms with E-state index in [4.69, 9.17) is 0 Å². The van der Waals surface area contributed by atoms with Gasteiger partial charge in [-0.15, -0.1) is 11.4 Å². The van der Waals surface area contributed by atoms with Gasteiger partial charge in [0.2, 0.25) is 0 Å². The Labute approximate surface area is 44.3 Å². The van der Waals surface area contributed by atoms with Crippen molar-refractivity contribution in [3.63, 3.8) is 0 Å². The molecule has 0 N–H and O–H groups in total. The molecule has 0 heterocycles. The Kier molecular flexibility index (Phi) is 5.32. The molecule has 0 nitrogen and oxygen atoms in total. The van der Waals surface area contributed by atoms with Gasteiger partial charge in [0.25, 0.3) is 0 Å². The molecule has 0 aliphatic carbocycles. The number of rotatable bonds is 2. The first-order valence-electron chi connectivity index (χ1n) is 2.56. The molecule has 0 fully saturated rings. The van der Waals surface area contributed by atoms with Gasteiger partial charge in [-0.3, -0.25) is 0 Å². The normalized spacial score (nSPS) is 14.3. The summed E-state index contributed by atoms with van der Waals surface area (Å²) in [7, 11) is 0.514. The average Bonchev–Trinajstić information content (AvgIpc) is 1.61. The fourth-order valence-corrected chi connectivity index (χ4v) is 3.00. The van der Waals surface area contributed by atoms with Crippen LogP contribution in [0.2, 0.25) is 13.1 Å². The van der Waals surface area contributed by atoms with Gasteiger partial charge in [0.05, 0.1) is 0 Å². The largest absolute Gasteiger partial charge is 0.110 e. The molecule has 36 valence electrons. The van der Waals surface area contributed by atoms with Gasteiger partial charge in [-0.1, -0.05) is 13.1 Å². The van der Waals surface area contributed by atoms with Crippen LogP contribution in [0.4, 0.5) is 0 Å². The third-order valence-electron chi connectivity index (χ3n) is 0.638. The minimum absolute atomic E-state index is 0.257. The molecule has 0 saturated carbocycles. The summed E-state index contributed by atoms with van der Waals surface area (Å²) in [6.07, 6.45) is 0. The Hall–Kier alpha value is 0.174. The van der Waals surface area contributed by atoms with E-state index in [9.17, 15) is 0 Å². The van der Waals surface area contributed by atoms with Crippen molar-refractivity contribution in [2.45, 2.75) is 13.1 Å².